The summed E-state index contributed by atoms with van der Waals surface area (Å²) in [5.41, 5.74) is 2.39. The number of carbonyl (C=O) groups is 1. The third-order valence-corrected chi connectivity index (χ3v) is 6.69. The van der Waals surface area contributed by atoms with E-state index < -0.39 is 11.9 Å². The predicted molar refractivity (Wildman–Crippen MR) is 132 cm³/mol. The lowest BCUT2D eigenvalue weighted by molar-refractivity contribution is 0.0714. The fourth-order valence-electron chi connectivity index (χ4n) is 4.44. The number of amides is 1. The number of nitrogens with zero attached hydrogens (tertiary/aromatic N) is 1. The Morgan fingerprint density at radius 2 is 1.77 bits per heavy atom. The van der Waals surface area contributed by atoms with Crippen molar-refractivity contribution < 1.29 is 23.8 Å². The zero-order valence-electron chi connectivity index (χ0n) is 19.3. The maximum atomic E-state index is 13.7. The van der Waals surface area contributed by atoms with Crippen LogP contribution < -0.4 is 14.9 Å². The van der Waals surface area contributed by atoms with E-state index in [0.717, 1.165) is 11.1 Å². The lowest BCUT2D eigenvalue weighted by Crippen LogP contribution is -2.29. The number of phenolic OH excluding ortho intramolecular Hbond substituents is 1. The van der Waals surface area contributed by atoms with Crippen molar-refractivity contribution in [2.45, 2.75) is 19.5 Å². The van der Waals surface area contributed by atoms with Crippen LogP contribution in [0.3, 0.4) is 0 Å². The molecule has 1 aliphatic rings. The van der Waals surface area contributed by atoms with E-state index in [1.165, 1.54) is 13.2 Å². The van der Waals surface area contributed by atoms with Gasteiger partial charge in [-0.2, -0.15) is 0 Å². The number of methoxy groups -OCH3 is 2. The predicted octanol–water partition coefficient (Wildman–Crippen LogP) is 5.22. The highest BCUT2D eigenvalue weighted by Crippen LogP contribution is 2.41. The Bertz CT molecular complexity index is 1530. The van der Waals surface area contributed by atoms with Gasteiger partial charge in [-0.15, -0.1) is 0 Å². The van der Waals surface area contributed by atoms with Gasteiger partial charge in [-0.25, -0.2) is 0 Å². The number of hydrogen-bond acceptors (Lipinski definition) is 6. The normalized spacial score (nSPS) is 14.9. The first-order chi connectivity index (χ1) is 16.8. The van der Waals surface area contributed by atoms with Crippen molar-refractivity contribution in [1.82, 2.24) is 4.90 Å². The van der Waals surface area contributed by atoms with Crippen molar-refractivity contribution in [2.75, 3.05) is 14.2 Å². The summed E-state index contributed by atoms with van der Waals surface area (Å²) in [5.74, 6) is 0.473. The standard InChI is InChI=1S/C27H22ClNO6/c1-14-10-21-18(12-19(14)28)25(31)23-24(16-6-9-20(30)22(11-16)34-3)29(27(32)26(23)35-21)13-15-4-7-17(33-2)8-5-15/h4-12,24,30H,13H2,1-3H3. The van der Waals surface area contributed by atoms with Gasteiger partial charge in [0.25, 0.3) is 5.91 Å². The minimum atomic E-state index is -0.755. The molecule has 1 aliphatic heterocycles. The SMILES string of the molecule is COc1ccc(CN2C(=O)c3oc4cc(C)c(Cl)cc4c(=O)c3C2c2ccc(O)c(OC)c2)cc1. The van der Waals surface area contributed by atoms with Gasteiger partial charge in [0, 0.05) is 11.6 Å². The van der Waals surface area contributed by atoms with Gasteiger partial charge >= 0.3 is 0 Å². The highest BCUT2D eigenvalue weighted by atomic mass is 35.5. The highest BCUT2D eigenvalue weighted by molar-refractivity contribution is 6.32. The molecule has 35 heavy (non-hydrogen) atoms. The van der Waals surface area contributed by atoms with E-state index in [4.69, 9.17) is 25.5 Å². The molecule has 1 unspecified atom stereocenters. The first kappa shape index (κ1) is 22.8. The summed E-state index contributed by atoms with van der Waals surface area (Å²) < 4.78 is 16.5. The number of hydrogen-bond donors (Lipinski definition) is 1. The van der Waals surface area contributed by atoms with E-state index in [0.29, 0.717) is 27.3 Å². The summed E-state index contributed by atoms with van der Waals surface area (Å²) in [6, 6.07) is 14.6. The number of aryl methyl sites for hydroxylation is 1. The summed E-state index contributed by atoms with van der Waals surface area (Å²) in [6.45, 7) is 2.02. The van der Waals surface area contributed by atoms with Gasteiger partial charge < -0.3 is 23.9 Å². The molecular weight excluding hydrogens is 470 g/mol. The molecule has 178 valence electrons. The Balaban J connectivity index is 1.72. The van der Waals surface area contributed by atoms with Gasteiger partial charge in [0.15, 0.2) is 16.9 Å². The lowest BCUT2D eigenvalue weighted by Gasteiger charge is -2.25. The van der Waals surface area contributed by atoms with Crippen molar-refractivity contribution in [1.29, 1.82) is 0 Å². The molecule has 3 aromatic carbocycles. The van der Waals surface area contributed by atoms with Crippen LogP contribution in [0.15, 0.2) is 63.8 Å². The molecule has 1 amide bonds. The van der Waals surface area contributed by atoms with Crippen LogP contribution in [0.25, 0.3) is 11.0 Å². The average molecular weight is 492 g/mol. The molecular formula is C27H22ClNO6. The number of rotatable bonds is 5. The van der Waals surface area contributed by atoms with Crippen LogP contribution in [0.1, 0.15) is 38.9 Å². The summed E-state index contributed by atoms with van der Waals surface area (Å²) in [4.78, 5) is 28.9. The van der Waals surface area contributed by atoms with Crippen LogP contribution in [0, 0.1) is 6.92 Å². The average Bonchev–Trinajstić information content (AvgIpc) is 3.13. The first-order valence-corrected chi connectivity index (χ1v) is 11.3. The molecule has 1 atom stereocenters. The van der Waals surface area contributed by atoms with E-state index in [9.17, 15) is 14.7 Å². The Hall–Kier alpha value is -3.97. The molecule has 8 heteroatoms. The minimum absolute atomic E-state index is 0.00484. The Labute approximate surface area is 206 Å². The molecule has 0 aliphatic carbocycles. The van der Waals surface area contributed by atoms with Gasteiger partial charge in [-0.3, -0.25) is 9.59 Å². The third kappa shape index (κ3) is 3.78. The van der Waals surface area contributed by atoms with Crippen LogP contribution in [-0.2, 0) is 6.54 Å². The Morgan fingerprint density at radius 3 is 2.46 bits per heavy atom. The van der Waals surface area contributed by atoms with Crippen molar-refractivity contribution in [2.24, 2.45) is 0 Å². The first-order valence-electron chi connectivity index (χ1n) is 10.9. The van der Waals surface area contributed by atoms with Crippen LogP contribution in [0.2, 0.25) is 5.02 Å². The number of aromatic hydroxyl groups is 1. The maximum Gasteiger partial charge on any atom is 0.291 e. The van der Waals surface area contributed by atoms with Crippen molar-refractivity contribution >= 4 is 28.5 Å². The molecule has 2 heterocycles. The lowest BCUT2D eigenvalue weighted by atomic mass is 9.97. The number of phenols is 1. The summed E-state index contributed by atoms with van der Waals surface area (Å²) in [6.07, 6.45) is 0. The maximum absolute atomic E-state index is 13.7. The van der Waals surface area contributed by atoms with E-state index >= 15 is 0 Å². The molecule has 0 fully saturated rings. The largest absolute Gasteiger partial charge is 0.504 e. The molecule has 0 saturated heterocycles. The van der Waals surface area contributed by atoms with Gasteiger partial charge in [0.05, 0.1) is 31.2 Å². The highest BCUT2D eigenvalue weighted by Gasteiger charge is 2.43. The second-order valence-electron chi connectivity index (χ2n) is 8.39. The van der Waals surface area contributed by atoms with E-state index in [1.54, 1.807) is 43.2 Å². The fourth-order valence-corrected chi connectivity index (χ4v) is 4.61. The fraction of sp³-hybridized carbons (Fsp3) is 0.185. The molecule has 0 saturated carbocycles. The zero-order chi connectivity index (χ0) is 24.9. The summed E-state index contributed by atoms with van der Waals surface area (Å²) in [5, 5.41) is 10.9. The zero-order valence-corrected chi connectivity index (χ0v) is 20.1. The van der Waals surface area contributed by atoms with Crippen LogP contribution in [0.5, 0.6) is 17.2 Å². The molecule has 0 radical (unpaired) electrons. The number of carbonyl (C=O) groups excluding carboxylic acids is 1. The quantitative estimate of drug-likeness (QED) is 0.411. The van der Waals surface area contributed by atoms with Gasteiger partial charge in [-0.1, -0.05) is 29.8 Å². The molecule has 5 rings (SSSR count). The summed E-state index contributed by atoms with van der Waals surface area (Å²) >= 11 is 6.30. The van der Waals surface area contributed by atoms with Gasteiger partial charge in [0.1, 0.15) is 11.3 Å². The molecule has 0 spiro atoms. The van der Waals surface area contributed by atoms with Crippen molar-refractivity contribution in [3.63, 3.8) is 0 Å². The minimum Gasteiger partial charge on any atom is -0.504 e. The summed E-state index contributed by atoms with van der Waals surface area (Å²) in [7, 11) is 3.02. The third-order valence-electron chi connectivity index (χ3n) is 6.28. The molecule has 1 aromatic heterocycles. The second-order valence-corrected chi connectivity index (χ2v) is 8.79. The number of benzene rings is 3. The van der Waals surface area contributed by atoms with Crippen molar-refractivity contribution in [3.05, 3.63) is 97.9 Å². The van der Waals surface area contributed by atoms with Crippen LogP contribution in [0.4, 0.5) is 0 Å². The molecule has 1 N–H and O–H groups in total. The Morgan fingerprint density at radius 1 is 1.03 bits per heavy atom. The number of halogens is 1. The number of ether oxygens (including phenoxy) is 2. The van der Waals surface area contributed by atoms with E-state index in [1.807, 2.05) is 24.3 Å². The number of fused-ring (bicyclic) bond motifs is 2. The second kappa shape index (κ2) is 8.67. The smallest absolute Gasteiger partial charge is 0.291 e. The monoisotopic (exact) mass is 491 g/mol. The Kier molecular flexibility index (Phi) is 5.65. The topological polar surface area (TPSA) is 89.2 Å². The van der Waals surface area contributed by atoms with Crippen molar-refractivity contribution in [3.8, 4) is 17.2 Å². The molecule has 0 bridgehead atoms. The van der Waals surface area contributed by atoms with E-state index in [-0.39, 0.29) is 34.8 Å². The van der Waals surface area contributed by atoms with Gasteiger partial charge in [-0.05, 0) is 60.0 Å². The van der Waals surface area contributed by atoms with Crippen LogP contribution >= 0.6 is 11.6 Å². The van der Waals surface area contributed by atoms with E-state index in [2.05, 4.69) is 0 Å². The molecule has 7 nitrogen and oxygen atoms in total. The molecule has 4 aromatic rings. The van der Waals surface area contributed by atoms with Gasteiger partial charge in [0.2, 0.25) is 5.76 Å². The van der Waals surface area contributed by atoms with Crippen LogP contribution in [-0.4, -0.2) is 30.1 Å².